The number of carbonyl (C=O) groups is 1. The lowest BCUT2D eigenvalue weighted by atomic mass is 10.1. The van der Waals surface area contributed by atoms with Gasteiger partial charge in [-0.05, 0) is 37.6 Å². The fraction of sp³-hybridized carbons (Fsp3) is 0.500. The van der Waals surface area contributed by atoms with Gasteiger partial charge in [-0.1, -0.05) is 6.07 Å². The van der Waals surface area contributed by atoms with Crippen molar-refractivity contribution < 1.29 is 17.9 Å². The van der Waals surface area contributed by atoms with E-state index in [1.54, 1.807) is 0 Å². The highest BCUT2D eigenvalue weighted by Crippen LogP contribution is 2.30. The van der Waals surface area contributed by atoms with Gasteiger partial charge in [-0.3, -0.25) is 4.79 Å². The van der Waals surface area contributed by atoms with E-state index in [9.17, 15) is 13.2 Å². The first-order chi connectivity index (χ1) is 9.85. The van der Waals surface area contributed by atoms with Crippen molar-refractivity contribution in [3.63, 3.8) is 0 Å². The minimum atomic E-state index is -2.91. The molecular formula is C14H20N2O4S. The van der Waals surface area contributed by atoms with Crippen LogP contribution in [0.15, 0.2) is 18.2 Å². The van der Waals surface area contributed by atoms with E-state index in [-0.39, 0.29) is 24.3 Å². The van der Waals surface area contributed by atoms with Crippen LogP contribution in [-0.2, 0) is 14.6 Å². The summed E-state index contributed by atoms with van der Waals surface area (Å²) in [4.78, 5) is 11.3. The minimum Gasteiger partial charge on any atom is -0.482 e. The molecule has 6 nitrogen and oxygen atoms in total. The van der Waals surface area contributed by atoms with Gasteiger partial charge in [0.25, 0.3) is 5.91 Å². The first kappa shape index (κ1) is 15.8. The lowest BCUT2D eigenvalue weighted by Gasteiger charge is -2.21. The van der Waals surface area contributed by atoms with E-state index < -0.39 is 9.84 Å². The van der Waals surface area contributed by atoms with Gasteiger partial charge < -0.3 is 15.4 Å². The molecule has 2 rings (SSSR count). The number of amides is 1. The standard InChI is InChI=1S/C14H20N2O4S/c1-10(15-6-3-7-21(2,18)19)11-4-5-13-12(8-11)16-14(17)9-20-13/h4-5,8,10,15H,3,6-7,9H2,1-2H3,(H,16,17). The number of benzene rings is 1. The number of sulfone groups is 1. The monoisotopic (exact) mass is 312 g/mol. The normalized spacial score (nSPS) is 15.8. The van der Waals surface area contributed by atoms with Crippen LogP contribution in [0.25, 0.3) is 0 Å². The van der Waals surface area contributed by atoms with Gasteiger partial charge in [-0.25, -0.2) is 8.42 Å². The van der Waals surface area contributed by atoms with E-state index >= 15 is 0 Å². The zero-order valence-electron chi connectivity index (χ0n) is 12.2. The zero-order chi connectivity index (χ0) is 15.5. The third-order valence-electron chi connectivity index (χ3n) is 3.28. The van der Waals surface area contributed by atoms with E-state index in [0.717, 1.165) is 5.56 Å². The molecule has 0 saturated heterocycles. The number of fused-ring (bicyclic) bond motifs is 1. The molecule has 1 aliphatic rings. The molecule has 1 heterocycles. The van der Waals surface area contributed by atoms with Crippen LogP contribution in [0.1, 0.15) is 24.9 Å². The smallest absolute Gasteiger partial charge is 0.262 e. The molecule has 7 heteroatoms. The van der Waals surface area contributed by atoms with Crippen LogP contribution in [-0.4, -0.2) is 39.5 Å². The van der Waals surface area contributed by atoms with Crippen LogP contribution in [0.5, 0.6) is 5.75 Å². The summed E-state index contributed by atoms with van der Waals surface area (Å²) in [6, 6.07) is 5.71. The first-order valence-corrected chi connectivity index (χ1v) is 8.89. The van der Waals surface area contributed by atoms with E-state index in [2.05, 4.69) is 10.6 Å². The summed E-state index contributed by atoms with van der Waals surface area (Å²) in [6.45, 7) is 2.66. The third-order valence-corrected chi connectivity index (χ3v) is 4.31. The van der Waals surface area contributed by atoms with Crippen molar-refractivity contribution in [2.45, 2.75) is 19.4 Å². The lowest BCUT2D eigenvalue weighted by Crippen LogP contribution is -2.26. The van der Waals surface area contributed by atoms with Crippen LogP contribution < -0.4 is 15.4 Å². The van der Waals surface area contributed by atoms with Gasteiger partial charge in [0.2, 0.25) is 0 Å². The van der Waals surface area contributed by atoms with Gasteiger partial charge in [-0.2, -0.15) is 0 Å². The van der Waals surface area contributed by atoms with Crippen molar-refractivity contribution in [2.24, 2.45) is 0 Å². The van der Waals surface area contributed by atoms with Crippen molar-refractivity contribution >= 4 is 21.4 Å². The molecule has 1 unspecified atom stereocenters. The van der Waals surface area contributed by atoms with Gasteiger partial charge in [0.05, 0.1) is 11.4 Å². The van der Waals surface area contributed by atoms with Crippen LogP contribution in [0.2, 0.25) is 0 Å². The number of carbonyl (C=O) groups excluding carboxylic acids is 1. The van der Waals surface area contributed by atoms with Gasteiger partial charge in [0, 0.05) is 12.3 Å². The Balaban J connectivity index is 1.92. The second-order valence-corrected chi connectivity index (χ2v) is 7.51. The van der Waals surface area contributed by atoms with Gasteiger partial charge in [-0.15, -0.1) is 0 Å². The van der Waals surface area contributed by atoms with E-state index in [1.807, 2.05) is 25.1 Å². The maximum atomic E-state index is 11.3. The molecular weight excluding hydrogens is 292 g/mol. The number of ether oxygens (including phenoxy) is 1. The molecule has 116 valence electrons. The van der Waals surface area contributed by atoms with Gasteiger partial charge in [0.15, 0.2) is 6.61 Å². The number of anilines is 1. The SMILES string of the molecule is CC(NCCCS(C)(=O)=O)c1ccc2c(c1)NC(=O)CO2. The van der Waals surface area contributed by atoms with E-state index in [4.69, 9.17) is 4.74 Å². The van der Waals surface area contributed by atoms with Crippen molar-refractivity contribution in [1.29, 1.82) is 0 Å². The Morgan fingerprint density at radius 1 is 1.43 bits per heavy atom. The Kier molecular flexibility index (Phi) is 4.84. The summed E-state index contributed by atoms with van der Waals surface area (Å²) in [5.41, 5.74) is 1.69. The average molecular weight is 312 g/mol. The van der Waals surface area contributed by atoms with Crippen molar-refractivity contribution in [3.8, 4) is 5.75 Å². The van der Waals surface area contributed by atoms with Crippen LogP contribution in [0.3, 0.4) is 0 Å². The summed E-state index contributed by atoms with van der Waals surface area (Å²) in [7, 11) is -2.91. The van der Waals surface area contributed by atoms with Crippen LogP contribution in [0, 0.1) is 0 Å². The molecule has 0 aromatic heterocycles. The second kappa shape index (κ2) is 6.44. The Hall–Kier alpha value is -1.60. The molecule has 0 saturated carbocycles. The molecule has 0 bridgehead atoms. The second-order valence-electron chi connectivity index (χ2n) is 5.25. The van der Waals surface area contributed by atoms with Crippen molar-refractivity contribution in [2.75, 3.05) is 30.5 Å². The highest BCUT2D eigenvalue weighted by atomic mass is 32.2. The largest absolute Gasteiger partial charge is 0.482 e. The summed E-state index contributed by atoms with van der Waals surface area (Å²) in [5.74, 6) is 0.692. The highest BCUT2D eigenvalue weighted by Gasteiger charge is 2.17. The molecule has 0 fully saturated rings. The first-order valence-electron chi connectivity index (χ1n) is 6.83. The fourth-order valence-electron chi connectivity index (χ4n) is 2.14. The topological polar surface area (TPSA) is 84.5 Å². The molecule has 2 N–H and O–H groups in total. The lowest BCUT2D eigenvalue weighted by molar-refractivity contribution is -0.118. The zero-order valence-corrected chi connectivity index (χ0v) is 13.0. The van der Waals surface area contributed by atoms with E-state index in [0.29, 0.717) is 24.4 Å². The summed E-state index contributed by atoms with van der Waals surface area (Å²) < 4.78 is 27.4. The van der Waals surface area contributed by atoms with Gasteiger partial charge >= 0.3 is 0 Å². The quantitative estimate of drug-likeness (QED) is 0.769. The average Bonchev–Trinajstić information content (AvgIpc) is 2.41. The summed E-state index contributed by atoms with van der Waals surface area (Å²) >= 11 is 0. The highest BCUT2D eigenvalue weighted by molar-refractivity contribution is 7.90. The molecule has 1 aromatic carbocycles. The van der Waals surface area contributed by atoms with Crippen molar-refractivity contribution in [3.05, 3.63) is 23.8 Å². The molecule has 1 atom stereocenters. The van der Waals surface area contributed by atoms with E-state index in [1.165, 1.54) is 6.26 Å². The number of nitrogens with one attached hydrogen (secondary N) is 2. The Labute approximate surface area is 124 Å². The molecule has 1 aromatic rings. The molecule has 1 aliphatic heterocycles. The Bertz CT molecular complexity index is 628. The summed E-state index contributed by atoms with van der Waals surface area (Å²) in [6.07, 6.45) is 1.82. The Morgan fingerprint density at radius 3 is 2.90 bits per heavy atom. The Morgan fingerprint density at radius 2 is 2.19 bits per heavy atom. The fourth-order valence-corrected chi connectivity index (χ4v) is 2.81. The molecule has 0 aliphatic carbocycles. The number of rotatable bonds is 6. The molecule has 0 spiro atoms. The summed E-state index contributed by atoms with van der Waals surface area (Å²) in [5, 5.41) is 6.04. The predicted molar refractivity (Wildman–Crippen MR) is 81.3 cm³/mol. The van der Waals surface area contributed by atoms with Crippen LogP contribution in [0.4, 0.5) is 5.69 Å². The predicted octanol–water partition coefficient (Wildman–Crippen LogP) is 1.10. The number of hydrogen-bond acceptors (Lipinski definition) is 5. The maximum absolute atomic E-state index is 11.3. The van der Waals surface area contributed by atoms with Gasteiger partial charge in [0.1, 0.15) is 15.6 Å². The number of hydrogen-bond donors (Lipinski definition) is 2. The van der Waals surface area contributed by atoms with Crippen LogP contribution >= 0.6 is 0 Å². The molecule has 21 heavy (non-hydrogen) atoms. The molecule has 0 radical (unpaired) electrons. The minimum absolute atomic E-state index is 0.0473. The van der Waals surface area contributed by atoms with Crippen molar-refractivity contribution in [1.82, 2.24) is 5.32 Å². The molecule has 1 amide bonds. The maximum Gasteiger partial charge on any atom is 0.262 e. The third kappa shape index (κ3) is 4.71.